The number of hydrogen-bond acceptors (Lipinski definition) is 6. The maximum Gasteiger partial charge on any atom is 0.222 e. The number of aryl methyl sites for hydroxylation is 1. The van der Waals surface area contributed by atoms with Crippen LogP contribution < -0.4 is 5.73 Å². The van der Waals surface area contributed by atoms with E-state index in [-0.39, 0.29) is 5.91 Å². The minimum absolute atomic E-state index is 0.210. The van der Waals surface area contributed by atoms with E-state index >= 15 is 0 Å². The van der Waals surface area contributed by atoms with Crippen LogP contribution in [0.1, 0.15) is 32.0 Å². The molecule has 160 valence electrons. The standard InChI is InChI=1S/C22H29N5O3/c1-2-29-15-18-25-20-21(16-7-3-4-8-17(16)24-22(20)23)27(18)10-6-5-9-19(28)26-11-13-30-14-12-26/h3-4,7-8H,2,5-6,9-15H2,1H3,(H2,23,24). The van der Waals surface area contributed by atoms with Crippen molar-refractivity contribution in [3.8, 4) is 0 Å². The minimum Gasteiger partial charge on any atom is -0.382 e. The number of aromatic nitrogens is 3. The van der Waals surface area contributed by atoms with Crippen molar-refractivity contribution in [3.05, 3.63) is 30.1 Å². The van der Waals surface area contributed by atoms with Gasteiger partial charge in [-0.1, -0.05) is 18.2 Å². The summed E-state index contributed by atoms with van der Waals surface area (Å²) in [6.07, 6.45) is 2.25. The predicted octanol–water partition coefficient (Wildman–Crippen LogP) is 2.73. The molecular weight excluding hydrogens is 382 g/mol. The van der Waals surface area contributed by atoms with Crippen LogP contribution in [0.15, 0.2) is 24.3 Å². The summed E-state index contributed by atoms with van der Waals surface area (Å²) in [6.45, 7) is 6.42. The van der Waals surface area contributed by atoms with Crippen molar-refractivity contribution in [1.29, 1.82) is 0 Å². The van der Waals surface area contributed by atoms with Gasteiger partial charge in [0.1, 0.15) is 17.9 Å². The van der Waals surface area contributed by atoms with Gasteiger partial charge in [0.05, 0.1) is 24.2 Å². The van der Waals surface area contributed by atoms with E-state index in [0.29, 0.717) is 57.3 Å². The molecule has 0 aliphatic carbocycles. The fourth-order valence-electron chi connectivity index (χ4n) is 3.97. The number of hydrogen-bond donors (Lipinski definition) is 1. The molecule has 1 aromatic carbocycles. The SMILES string of the molecule is CCOCc1nc2c(N)nc3ccccc3c2n1CCCCC(=O)N1CCOCC1. The first kappa shape index (κ1) is 20.6. The van der Waals surface area contributed by atoms with Crippen molar-refractivity contribution in [1.82, 2.24) is 19.4 Å². The Morgan fingerprint density at radius 3 is 2.80 bits per heavy atom. The average molecular weight is 412 g/mol. The normalized spacial score (nSPS) is 14.6. The van der Waals surface area contributed by atoms with Gasteiger partial charge in [0.15, 0.2) is 5.82 Å². The van der Waals surface area contributed by atoms with Gasteiger partial charge in [-0.05, 0) is 25.8 Å². The number of benzene rings is 1. The van der Waals surface area contributed by atoms with Crippen LogP contribution in [0, 0.1) is 0 Å². The van der Waals surface area contributed by atoms with Crippen LogP contribution in [0.5, 0.6) is 0 Å². The van der Waals surface area contributed by atoms with Gasteiger partial charge in [-0.25, -0.2) is 9.97 Å². The van der Waals surface area contributed by atoms with E-state index in [2.05, 4.69) is 15.6 Å². The molecule has 30 heavy (non-hydrogen) atoms. The molecule has 1 fully saturated rings. The number of nitrogens with zero attached hydrogens (tertiary/aromatic N) is 4. The first-order valence-electron chi connectivity index (χ1n) is 10.7. The number of amides is 1. The van der Waals surface area contributed by atoms with E-state index in [4.69, 9.17) is 20.2 Å². The number of para-hydroxylation sites is 1. The third-order valence-corrected chi connectivity index (χ3v) is 5.51. The highest BCUT2D eigenvalue weighted by Crippen LogP contribution is 2.29. The lowest BCUT2D eigenvalue weighted by Crippen LogP contribution is -2.40. The number of carbonyl (C=O) groups is 1. The number of unbranched alkanes of at least 4 members (excludes halogenated alkanes) is 1. The molecule has 3 heterocycles. The Bertz CT molecular complexity index is 1030. The highest BCUT2D eigenvalue weighted by molar-refractivity contribution is 6.06. The van der Waals surface area contributed by atoms with Crippen molar-refractivity contribution in [2.24, 2.45) is 0 Å². The molecule has 4 rings (SSSR count). The molecule has 8 nitrogen and oxygen atoms in total. The van der Waals surface area contributed by atoms with Crippen molar-refractivity contribution < 1.29 is 14.3 Å². The van der Waals surface area contributed by atoms with Crippen LogP contribution in [-0.2, 0) is 27.4 Å². The number of nitrogen functional groups attached to an aromatic ring is 1. The Balaban J connectivity index is 1.54. The van der Waals surface area contributed by atoms with Gasteiger partial charge in [-0.15, -0.1) is 0 Å². The van der Waals surface area contributed by atoms with Crippen LogP contribution >= 0.6 is 0 Å². The van der Waals surface area contributed by atoms with Crippen LogP contribution in [0.3, 0.4) is 0 Å². The third-order valence-electron chi connectivity index (χ3n) is 5.51. The predicted molar refractivity (Wildman–Crippen MR) is 116 cm³/mol. The maximum absolute atomic E-state index is 12.4. The molecule has 1 aliphatic rings. The molecule has 0 unspecified atom stereocenters. The number of fused-ring (bicyclic) bond motifs is 3. The Morgan fingerprint density at radius 1 is 1.20 bits per heavy atom. The number of anilines is 1. The quantitative estimate of drug-likeness (QED) is 0.573. The largest absolute Gasteiger partial charge is 0.382 e. The van der Waals surface area contributed by atoms with Crippen LogP contribution in [-0.4, -0.2) is 58.3 Å². The second-order valence-electron chi connectivity index (χ2n) is 7.48. The number of ether oxygens (including phenoxy) is 2. The summed E-state index contributed by atoms with van der Waals surface area (Å²) >= 11 is 0. The maximum atomic E-state index is 12.4. The summed E-state index contributed by atoms with van der Waals surface area (Å²) in [7, 11) is 0. The van der Waals surface area contributed by atoms with E-state index in [9.17, 15) is 4.79 Å². The summed E-state index contributed by atoms with van der Waals surface area (Å²) < 4.78 is 13.2. The number of carbonyl (C=O) groups excluding carboxylic acids is 1. The van der Waals surface area contributed by atoms with Gasteiger partial charge >= 0.3 is 0 Å². The molecule has 0 spiro atoms. The van der Waals surface area contributed by atoms with E-state index in [1.165, 1.54) is 0 Å². The Morgan fingerprint density at radius 2 is 2.00 bits per heavy atom. The summed E-state index contributed by atoms with van der Waals surface area (Å²) in [6, 6.07) is 7.97. The average Bonchev–Trinajstić information content (AvgIpc) is 3.15. The lowest BCUT2D eigenvalue weighted by Gasteiger charge is -2.26. The fraction of sp³-hybridized carbons (Fsp3) is 0.500. The highest BCUT2D eigenvalue weighted by Gasteiger charge is 2.18. The van der Waals surface area contributed by atoms with E-state index < -0.39 is 0 Å². The van der Waals surface area contributed by atoms with Crippen LogP contribution in [0.25, 0.3) is 21.9 Å². The highest BCUT2D eigenvalue weighted by atomic mass is 16.5. The Kier molecular flexibility index (Phi) is 6.44. The van der Waals surface area contributed by atoms with Gasteiger partial charge in [0.2, 0.25) is 5.91 Å². The molecule has 0 saturated carbocycles. The van der Waals surface area contributed by atoms with E-state index in [0.717, 1.165) is 41.6 Å². The summed E-state index contributed by atoms with van der Waals surface area (Å²) in [4.78, 5) is 23.6. The second kappa shape index (κ2) is 9.40. The summed E-state index contributed by atoms with van der Waals surface area (Å²) in [5.74, 6) is 1.49. The number of nitrogens with two attached hydrogens (primary N) is 1. The number of pyridine rings is 1. The molecule has 2 aromatic heterocycles. The summed E-state index contributed by atoms with van der Waals surface area (Å²) in [5.41, 5.74) is 8.79. The smallest absolute Gasteiger partial charge is 0.222 e. The molecule has 3 aromatic rings. The van der Waals surface area contributed by atoms with Gasteiger partial charge in [-0.3, -0.25) is 4.79 Å². The zero-order valence-corrected chi connectivity index (χ0v) is 17.5. The molecule has 8 heteroatoms. The molecular formula is C22H29N5O3. The Hall–Kier alpha value is -2.71. The van der Waals surface area contributed by atoms with Crippen LogP contribution in [0.2, 0.25) is 0 Å². The number of imidazole rings is 1. The molecule has 1 saturated heterocycles. The zero-order valence-electron chi connectivity index (χ0n) is 17.5. The van der Waals surface area contributed by atoms with Crippen molar-refractivity contribution in [3.63, 3.8) is 0 Å². The fourth-order valence-corrected chi connectivity index (χ4v) is 3.97. The number of morpholine rings is 1. The van der Waals surface area contributed by atoms with Crippen molar-refractivity contribution in [2.45, 2.75) is 39.3 Å². The van der Waals surface area contributed by atoms with E-state index in [1.54, 1.807) is 0 Å². The number of rotatable bonds is 8. The van der Waals surface area contributed by atoms with Gasteiger partial charge in [0.25, 0.3) is 0 Å². The van der Waals surface area contributed by atoms with Crippen molar-refractivity contribution >= 4 is 33.7 Å². The van der Waals surface area contributed by atoms with E-state index in [1.807, 2.05) is 30.0 Å². The summed E-state index contributed by atoms with van der Waals surface area (Å²) in [5, 5.41) is 1.03. The topological polar surface area (TPSA) is 95.5 Å². The molecule has 2 N–H and O–H groups in total. The molecule has 0 atom stereocenters. The van der Waals surface area contributed by atoms with Gasteiger partial charge in [-0.2, -0.15) is 0 Å². The third kappa shape index (κ3) is 4.24. The van der Waals surface area contributed by atoms with Crippen molar-refractivity contribution in [2.75, 3.05) is 38.6 Å². The lowest BCUT2D eigenvalue weighted by molar-refractivity contribution is -0.135. The Labute approximate surface area is 176 Å². The zero-order chi connectivity index (χ0) is 20.9. The van der Waals surface area contributed by atoms with Crippen LogP contribution in [0.4, 0.5) is 5.82 Å². The minimum atomic E-state index is 0.210. The van der Waals surface area contributed by atoms with Gasteiger partial charge in [0, 0.05) is 38.0 Å². The monoisotopic (exact) mass is 411 g/mol. The first-order valence-corrected chi connectivity index (χ1v) is 10.7. The van der Waals surface area contributed by atoms with Gasteiger partial charge < -0.3 is 24.7 Å². The first-order chi connectivity index (χ1) is 14.7. The molecule has 0 bridgehead atoms. The lowest BCUT2D eigenvalue weighted by atomic mass is 10.1. The second-order valence-corrected chi connectivity index (χ2v) is 7.48. The molecule has 1 amide bonds. The molecule has 0 radical (unpaired) electrons. The molecule has 1 aliphatic heterocycles.